The van der Waals surface area contributed by atoms with Gasteiger partial charge in [0.2, 0.25) is 0 Å². The third kappa shape index (κ3) is 3.17. The summed E-state index contributed by atoms with van der Waals surface area (Å²) >= 11 is 6.29. The van der Waals surface area contributed by atoms with Crippen molar-refractivity contribution in [3.63, 3.8) is 0 Å². The number of nitrogens with zero attached hydrogens (tertiary/aromatic N) is 2. The quantitative estimate of drug-likeness (QED) is 0.709. The largest absolute Gasteiger partial charge is 0.364 e. The third-order valence-corrected chi connectivity index (χ3v) is 4.80. The van der Waals surface area contributed by atoms with Gasteiger partial charge in [-0.3, -0.25) is 4.57 Å². The van der Waals surface area contributed by atoms with Crippen LogP contribution >= 0.6 is 11.6 Å². The van der Waals surface area contributed by atoms with Crippen molar-refractivity contribution in [1.82, 2.24) is 9.55 Å². The minimum atomic E-state index is -2.54. The Morgan fingerprint density at radius 2 is 2.00 bits per heavy atom. The molecule has 1 fully saturated rings. The fourth-order valence-corrected chi connectivity index (χ4v) is 3.31. The smallest absolute Gasteiger partial charge is 0.354 e. The van der Waals surface area contributed by atoms with E-state index in [4.69, 9.17) is 11.6 Å². The second kappa shape index (κ2) is 6.68. The first-order valence-electron chi connectivity index (χ1n) is 8.38. The number of aromatic nitrogens is 2. The normalized spacial score (nSPS) is 14.2. The molecule has 0 amide bonds. The number of nitrogens with one attached hydrogen (secondary N) is 1. The third-order valence-electron chi connectivity index (χ3n) is 4.48. The number of hydrogen-bond acceptors (Lipinski definition) is 3. The SMILES string of the molecule is O=c1nc(NCC(F)F)c2ccc(C3CC3)cc2n1-c1ccccc1Cl. The summed E-state index contributed by atoms with van der Waals surface area (Å²) in [7, 11) is 0. The summed E-state index contributed by atoms with van der Waals surface area (Å²) in [5.74, 6) is 0.649. The summed E-state index contributed by atoms with van der Waals surface area (Å²) in [6, 6.07) is 12.7. The number of anilines is 1. The fourth-order valence-electron chi connectivity index (χ4n) is 3.09. The van der Waals surface area contributed by atoms with Crippen LogP contribution in [0.5, 0.6) is 0 Å². The Morgan fingerprint density at radius 3 is 2.69 bits per heavy atom. The van der Waals surface area contributed by atoms with Gasteiger partial charge in [-0.15, -0.1) is 0 Å². The molecule has 0 spiro atoms. The summed E-state index contributed by atoms with van der Waals surface area (Å²) < 4.78 is 26.7. The summed E-state index contributed by atoms with van der Waals surface area (Å²) in [6.07, 6.45) is -0.309. The Hall–Kier alpha value is -2.47. The van der Waals surface area contributed by atoms with Crippen molar-refractivity contribution >= 4 is 28.3 Å². The van der Waals surface area contributed by atoms with Gasteiger partial charge in [0.05, 0.1) is 22.8 Å². The Morgan fingerprint density at radius 1 is 1.23 bits per heavy atom. The van der Waals surface area contributed by atoms with E-state index in [0.717, 1.165) is 18.4 Å². The average molecular weight is 376 g/mol. The molecule has 1 aromatic heterocycles. The molecule has 1 aliphatic carbocycles. The standard InChI is InChI=1S/C19H16ClF2N3O/c20-14-3-1-2-4-15(14)25-16-9-12(11-5-6-11)7-8-13(16)18(24-19(25)26)23-10-17(21)22/h1-4,7-9,11,17H,5-6,10H2,(H,23,24,26). The predicted molar refractivity (Wildman–Crippen MR) is 98.8 cm³/mol. The number of hydrogen-bond donors (Lipinski definition) is 1. The number of alkyl halides is 2. The molecule has 0 bridgehead atoms. The molecule has 7 heteroatoms. The molecule has 2 aromatic carbocycles. The van der Waals surface area contributed by atoms with Gasteiger partial charge in [0.25, 0.3) is 6.43 Å². The molecule has 1 heterocycles. The number of benzene rings is 2. The van der Waals surface area contributed by atoms with Crippen molar-refractivity contribution in [2.45, 2.75) is 25.2 Å². The maximum Gasteiger partial charge on any atom is 0.354 e. The summed E-state index contributed by atoms with van der Waals surface area (Å²) in [4.78, 5) is 16.7. The van der Waals surface area contributed by atoms with Gasteiger partial charge in [-0.2, -0.15) is 4.98 Å². The van der Waals surface area contributed by atoms with Gasteiger partial charge in [0.1, 0.15) is 5.82 Å². The van der Waals surface area contributed by atoms with Crippen molar-refractivity contribution in [3.8, 4) is 5.69 Å². The minimum Gasteiger partial charge on any atom is -0.364 e. The summed E-state index contributed by atoms with van der Waals surface area (Å²) in [6.45, 7) is -0.567. The van der Waals surface area contributed by atoms with E-state index in [1.165, 1.54) is 4.57 Å². The topological polar surface area (TPSA) is 46.9 Å². The summed E-state index contributed by atoms with van der Waals surface area (Å²) in [5.41, 5.74) is 1.70. The van der Waals surface area contributed by atoms with E-state index in [-0.39, 0.29) is 5.82 Å². The van der Waals surface area contributed by atoms with E-state index in [0.29, 0.717) is 27.5 Å². The average Bonchev–Trinajstić information content (AvgIpc) is 3.45. The Bertz CT molecular complexity index is 1030. The van der Waals surface area contributed by atoms with Crippen LogP contribution in [-0.2, 0) is 0 Å². The van der Waals surface area contributed by atoms with Crippen LogP contribution in [0, 0.1) is 0 Å². The van der Waals surface area contributed by atoms with E-state index in [2.05, 4.69) is 10.3 Å². The van der Waals surface area contributed by atoms with Crippen LogP contribution in [0.1, 0.15) is 24.3 Å². The second-order valence-electron chi connectivity index (χ2n) is 6.35. The van der Waals surface area contributed by atoms with Gasteiger partial charge < -0.3 is 5.32 Å². The van der Waals surface area contributed by atoms with Crippen molar-refractivity contribution in [2.24, 2.45) is 0 Å². The molecule has 134 valence electrons. The van der Waals surface area contributed by atoms with Gasteiger partial charge in [-0.05, 0) is 48.6 Å². The molecule has 1 N–H and O–H groups in total. The van der Waals surface area contributed by atoms with Crippen molar-refractivity contribution in [1.29, 1.82) is 0 Å². The maximum atomic E-state index is 12.7. The lowest BCUT2D eigenvalue weighted by molar-refractivity contribution is 0.163. The molecule has 3 aromatic rings. The zero-order valence-electron chi connectivity index (χ0n) is 13.8. The fraction of sp³-hybridized carbons (Fsp3) is 0.263. The Balaban J connectivity index is 1.97. The number of para-hydroxylation sites is 1. The van der Waals surface area contributed by atoms with Gasteiger partial charge in [-0.1, -0.05) is 29.8 Å². The van der Waals surface area contributed by atoms with Crippen LogP contribution in [-0.4, -0.2) is 22.5 Å². The van der Waals surface area contributed by atoms with Gasteiger partial charge in [-0.25, -0.2) is 13.6 Å². The van der Waals surface area contributed by atoms with Crippen LogP contribution in [0.4, 0.5) is 14.6 Å². The molecular formula is C19H16ClF2N3O. The molecule has 0 saturated heterocycles. The van der Waals surface area contributed by atoms with Crippen LogP contribution in [0.2, 0.25) is 5.02 Å². The number of rotatable bonds is 5. The van der Waals surface area contributed by atoms with E-state index in [1.807, 2.05) is 18.2 Å². The molecule has 0 unspecified atom stereocenters. The Labute approximate surface area is 153 Å². The highest BCUT2D eigenvalue weighted by Crippen LogP contribution is 2.41. The minimum absolute atomic E-state index is 0.163. The molecule has 4 rings (SSSR count). The van der Waals surface area contributed by atoms with Crippen molar-refractivity contribution in [2.75, 3.05) is 11.9 Å². The van der Waals surface area contributed by atoms with Crippen molar-refractivity contribution in [3.05, 3.63) is 63.5 Å². The highest BCUT2D eigenvalue weighted by molar-refractivity contribution is 6.32. The highest BCUT2D eigenvalue weighted by atomic mass is 35.5. The van der Waals surface area contributed by atoms with Crippen LogP contribution in [0.15, 0.2) is 47.3 Å². The van der Waals surface area contributed by atoms with E-state index in [1.54, 1.807) is 24.3 Å². The van der Waals surface area contributed by atoms with E-state index in [9.17, 15) is 13.6 Å². The van der Waals surface area contributed by atoms with Crippen LogP contribution in [0.3, 0.4) is 0 Å². The first-order chi connectivity index (χ1) is 12.5. The maximum absolute atomic E-state index is 12.7. The molecule has 0 aliphatic heterocycles. The zero-order chi connectivity index (χ0) is 18.3. The Kier molecular flexibility index (Phi) is 4.36. The van der Waals surface area contributed by atoms with Gasteiger partial charge in [0.15, 0.2) is 0 Å². The molecule has 1 saturated carbocycles. The van der Waals surface area contributed by atoms with Gasteiger partial charge >= 0.3 is 5.69 Å². The van der Waals surface area contributed by atoms with Gasteiger partial charge in [0, 0.05) is 5.39 Å². The molecule has 1 aliphatic rings. The lowest BCUT2D eigenvalue weighted by Crippen LogP contribution is -2.25. The van der Waals surface area contributed by atoms with Crippen LogP contribution in [0.25, 0.3) is 16.6 Å². The number of halogens is 3. The first kappa shape index (κ1) is 17.0. The molecular weight excluding hydrogens is 360 g/mol. The van der Waals surface area contributed by atoms with Crippen molar-refractivity contribution < 1.29 is 8.78 Å². The second-order valence-corrected chi connectivity index (χ2v) is 6.76. The monoisotopic (exact) mass is 375 g/mol. The molecule has 4 nitrogen and oxygen atoms in total. The zero-order valence-corrected chi connectivity index (χ0v) is 14.5. The highest BCUT2D eigenvalue weighted by Gasteiger charge is 2.25. The predicted octanol–water partition coefficient (Wildman–Crippen LogP) is 4.59. The van der Waals surface area contributed by atoms with Crippen LogP contribution < -0.4 is 11.0 Å². The molecule has 0 atom stereocenters. The summed E-state index contributed by atoms with van der Waals surface area (Å²) in [5, 5.41) is 3.60. The molecule has 26 heavy (non-hydrogen) atoms. The van der Waals surface area contributed by atoms with E-state index < -0.39 is 18.7 Å². The lowest BCUT2D eigenvalue weighted by Gasteiger charge is -2.15. The lowest BCUT2D eigenvalue weighted by atomic mass is 10.1. The first-order valence-corrected chi connectivity index (χ1v) is 8.76. The number of fused-ring (bicyclic) bond motifs is 1. The molecule has 0 radical (unpaired) electrons. The van der Waals surface area contributed by atoms with E-state index >= 15 is 0 Å².